The summed E-state index contributed by atoms with van der Waals surface area (Å²) in [5.74, 6) is -2.29. The Labute approximate surface area is 311 Å². The molecule has 1 aromatic heterocycles. The fourth-order valence-electron chi connectivity index (χ4n) is 7.45. The minimum atomic E-state index is -0.582. The lowest BCUT2D eigenvalue weighted by atomic mass is 9.99. The number of aromatic hydroxyl groups is 4. The molecule has 0 radical (unpaired) electrons. The number of benzene rings is 8. The van der Waals surface area contributed by atoms with Crippen molar-refractivity contribution in [1.29, 1.82) is 0 Å². The van der Waals surface area contributed by atoms with E-state index >= 15 is 0 Å². The highest BCUT2D eigenvalue weighted by atomic mass is 16.3. The van der Waals surface area contributed by atoms with Gasteiger partial charge >= 0.3 is 0 Å². The van der Waals surface area contributed by atoms with Gasteiger partial charge in [-0.15, -0.1) is 0 Å². The maximum absolute atomic E-state index is 11.9. The predicted molar refractivity (Wildman–Crippen MR) is 218 cm³/mol. The molecule has 9 rings (SSSR count). The second kappa shape index (κ2) is 13.3. The molecule has 4 N–H and O–H groups in total. The van der Waals surface area contributed by atoms with Gasteiger partial charge in [-0.25, -0.2) is 0 Å². The van der Waals surface area contributed by atoms with Crippen LogP contribution in [0.3, 0.4) is 0 Å². The summed E-state index contributed by atoms with van der Waals surface area (Å²) in [6, 6.07) is 58.9. The SMILES string of the molecule is Oc1c(O)c(N(c2ccc(-c3ccccc3)cc2)c2ccc(-c3ccccc3)cc2)c(O)c(O)c1-c1cccc(-n2c3ccccc3c3ccccc32)c1. The van der Waals surface area contributed by atoms with Crippen molar-refractivity contribution in [2.45, 2.75) is 0 Å². The molecule has 0 saturated heterocycles. The summed E-state index contributed by atoms with van der Waals surface area (Å²) >= 11 is 0. The number of nitrogens with zero attached hydrogens (tertiary/aromatic N) is 2. The molecular weight excluding hydrogens is 669 g/mol. The van der Waals surface area contributed by atoms with Gasteiger partial charge in [0.15, 0.2) is 23.0 Å². The van der Waals surface area contributed by atoms with Crippen LogP contribution in [0.5, 0.6) is 23.0 Å². The number of hydrogen-bond acceptors (Lipinski definition) is 5. The Kier molecular flexibility index (Phi) is 7.98. The first-order valence-corrected chi connectivity index (χ1v) is 17.7. The zero-order valence-electron chi connectivity index (χ0n) is 29.0. The molecule has 0 bridgehead atoms. The van der Waals surface area contributed by atoms with E-state index in [0.29, 0.717) is 16.9 Å². The molecule has 6 heteroatoms. The van der Waals surface area contributed by atoms with Crippen LogP contribution in [-0.4, -0.2) is 25.0 Å². The van der Waals surface area contributed by atoms with E-state index in [-0.39, 0.29) is 11.3 Å². The number of phenolic OH excluding ortho intramolecular Hbond substituents is 4. The molecule has 0 unspecified atom stereocenters. The van der Waals surface area contributed by atoms with Crippen LogP contribution in [0, 0.1) is 0 Å². The maximum atomic E-state index is 11.9. The number of anilines is 3. The summed E-state index contributed by atoms with van der Waals surface area (Å²) in [6.07, 6.45) is 0. The molecule has 9 aromatic rings. The fraction of sp³-hybridized carbons (Fsp3) is 0. The van der Waals surface area contributed by atoms with E-state index in [9.17, 15) is 20.4 Å². The van der Waals surface area contributed by atoms with Crippen LogP contribution in [0.15, 0.2) is 182 Å². The first kappa shape index (κ1) is 32.5. The van der Waals surface area contributed by atoms with E-state index in [4.69, 9.17) is 0 Å². The molecule has 0 fully saturated rings. The third-order valence-corrected chi connectivity index (χ3v) is 10.0. The Morgan fingerprint density at radius 3 is 1.24 bits per heavy atom. The van der Waals surface area contributed by atoms with Crippen molar-refractivity contribution in [3.05, 3.63) is 182 Å². The third kappa shape index (κ3) is 5.45. The number of fused-ring (bicyclic) bond motifs is 3. The van der Waals surface area contributed by atoms with Gasteiger partial charge < -0.3 is 29.9 Å². The molecule has 0 aliphatic rings. The van der Waals surface area contributed by atoms with Gasteiger partial charge in [0.05, 0.1) is 16.6 Å². The summed E-state index contributed by atoms with van der Waals surface area (Å²) < 4.78 is 2.12. The van der Waals surface area contributed by atoms with Crippen LogP contribution in [-0.2, 0) is 0 Å². The molecule has 6 nitrogen and oxygen atoms in total. The number of rotatable bonds is 7. The first-order chi connectivity index (χ1) is 26.5. The smallest absolute Gasteiger partial charge is 0.186 e. The number of para-hydroxylation sites is 2. The summed E-state index contributed by atoms with van der Waals surface area (Å²) in [5.41, 5.74) is 8.16. The van der Waals surface area contributed by atoms with Crippen LogP contribution < -0.4 is 4.90 Å². The Morgan fingerprint density at radius 1 is 0.352 bits per heavy atom. The summed E-state index contributed by atoms with van der Waals surface area (Å²) in [5, 5.41) is 49.5. The predicted octanol–water partition coefficient (Wildman–Crippen LogP) is 12.1. The molecule has 0 amide bonds. The third-order valence-electron chi connectivity index (χ3n) is 10.0. The van der Waals surface area contributed by atoms with Gasteiger partial charge in [0.25, 0.3) is 0 Å². The number of aromatic nitrogens is 1. The van der Waals surface area contributed by atoms with Gasteiger partial charge in [-0.3, -0.25) is 0 Å². The number of phenols is 4. The highest BCUT2D eigenvalue weighted by molar-refractivity contribution is 6.09. The molecule has 260 valence electrons. The van der Waals surface area contributed by atoms with E-state index in [2.05, 4.69) is 28.8 Å². The largest absolute Gasteiger partial charge is 0.504 e. The highest BCUT2D eigenvalue weighted by Gasteiger charge is 2.30. The lowest BCUT2D eigenvalue weighted by Gasteiger charge is -2.28. The fourth-order valence-corrected chi connectivity index (χ4v) is 7.45. The summed E-state index contributed by atoms with van der Waals surface area (Å²) in [4.78, 5) is 1.63. The average Bonchev–Trinajstić information content (AvgIpc) is 3.57. The standard InChI is InChI=1S/C48H34N2O4/c51-45-43(35-16-11-17-38(30-35)50-41-20-9-7-18-39(41)40-19-8-10-21-42(40)50)46(52)48(54)44(47(45)53)49(36-26-22-33(23-27-36)31-12-3-1-4-13-31)37-28-24-34(25-29-37)32-14-5-2-6-15-32/h1-30,51-54H. The lowest BCUT2D eigenvalue weighted by molar-refractivity contribution is 0.377. The second-order valence-electron chi connectivity index (χ2n) is 13.2. The van der Waals surface area contributed by atoms with Crippen molar-refractivity contribution < 1.29 is 20.4 Å². The zero-order valence-corrected chi connectivity index (χ0v) is 29.0. The van der Waals surface area contributed by atoms with Crippen LogP contribution in [0.25, 0.3) is 60.9 Å². The zero-order chi connectivity index (χ0) is 36.8. The van der Waals surface area contributed by atoms with Crippen molar-refractivity contribution in [3.8, 4) is 62.1 Å². The van der Waals surface area contributed by atoms with Gasteiger partial charge in [0.2, 0.25) is 0 Å². The summed E-state index contributed by atoms with van der Waals surface area (Å²) in [7, 11) is 0. The lowest BCUT2D eigenvalue weighted by Crippen LogP contribution is -2.11. The molecule has 0 saturated carbocycles. The molecule has 0 atom stereocenters. The van der Waals surface area contributed by atoms with Gasteiger partial charge in [-0.2, -0.15) is 0 Å². The van der Waals surface area contributed by atoms with Gasteiger partial charge in [0, 0.05) is 27.8 Å². The van der Waals surface area contributed by atoms with Crippen LogP contribution in [0.2, 0.25) is 0 Å². The van der Waals surface area contributed by atoms with Crippen molar-refractivity contribution in [2.24, 2.45) is 0 Å². The Bertz CT molecular complexity index is 2630. The molecule has 1 heterocycles. The first-order valence-electron chi connectivity index (χ1n) is 17.7. The Hall–Kier alpha value is -7.44. The monoisotopic (exact) mass is 702 g/mol. The molecular formula is C48H34N2O4. The number of hydrogen-bond donors (Lipinski definition) is 4. The van der Waals surface area contributed by atoms with Crippen LogP contribution in [0.1, 0.15) is 0 Å². The molecule has 0 aliphatic carbocycles. The van der Waals surface area contributed by atoms with Gasteiger partial charge in [-0.1, -0.05) is 133 Å². The second-order valence-corrected chi connectivity index (χ2v) is 13.2. The minimum absolute atomic E-state index is 0.0878. The van der Waals surface area contributed by atoms with E-state index in [1.165, 1.54) is 0 Å². The van der Waals surface area contributed by atoms with E-state index in [1.54, 1.807) is 11.0 Å². The Morgan fingerprint density at radius 2 is 0.759 bits per heavy atom. The van der Waals surface area contributed by atoms with E-state index in [1.807, 2.05) is 152 Å². The molecule has 54 heavy (non-hydrogen) atoms. The maximum Gasteiger partial charge on any atom is 0.186 e. The quantitative estimate of drug-likeness (QED) is 0.0981. The molecule has 0 aliphatic heterocycles. The van der Waals surface area contributed by atoms with Crippen LogP contribution in [0.4, 0.5) is 17.1 Å². The molecule has 0 spiro atoms. The average molecular weight is 703 g/mol. The minimum Gasteiger partial charge on any atom is -0.504 e. The Balaban J connectivity index is 1.19. The van der Waals surface area contributed by atoms with Crippen molar-refractivity contribution >= 4 is 38.9 Å². The van der Waals surface area contributed by atoms with E-state index in [0.717, 1.165) is 49.7 Å². The topological polar surface area (TPSA) is 89.1 Å². The van der Waals surface area contributed by atoms with Crippen molar-refractivity contribution in [1.82, 2.24) is 4.57 Å². The van der Waals surface area contributed by atoms with Crippen molar-refractivity contribution in [3.63, 3.8) is 0 Å². The van der Waals surface area contributed by atoms with Gasteiger partial charge in [-0.05, 0) is 76.3 Å². The van der Waals surface area contributed by atoms with Crippen molar-refractivity contribution in [2.75, 3.05) is 4.90 Å². The van der Waals surface area contributed by atoms with E-state index < -0.39 is 23.0 Å². The van der Waals surface area contributed by atoms with Gasteiger partial charge in [0.1, 0.15) is 5.69 Å². The van der Waals surface area contributed by atoms with Crippen LogP contribution >= 0.6 is 0 Å². The molecule has 8 aromatic carbocycles. The normalized spacial score (nSPS) is 11.3. The summed E-state index contributed by atoms with van der Waals surface area (Å²) in [6.45, 7) is 0. The highest BCUT2D eigenvalue weighted by Crippen LogP contribution is 2.58.